The van der Waals surface area contributed by atoms with Gasteiger partial charge in [-0.3, -0.25) is 4.79 Å². The van der Waals surface area contributed by atoms with Crippen LogP contribution in [0, 0.1) is 12.8 Å². The number of likely N-dealkylation sites (N-methyl/N-ethyl adjacent to an activating group) is 1. The first-order valence-corrected chi connectivity index (χ1v) is 6.51. The van der Waals surface area contributed by atoms with Gasteiger partial charge in [-0.15, -0.1) is 0 Å². The predicted molar refractivity (Wildman–Crippen MR) is 75.1 cm³/mol. The van der Waals surface area contributed by atoms with Gasteiger partial charge in [0.1, 0.15) is 0 Å². The van der Waals surface area contributed by atoms with Crippen molar-refractivity contribution in [3.05, 3.63) is 35.4 Å². The maximum Gasteiger partial charge on any atom is 0.239 e. The summed E-state index contributed by atoms with van der Waals surface area (Å²) in [5, 5.41) is 0. The van der Waals surface area contributed by atoms with Gasteiger partial charge in [-0.25, -0.2) is 0 Å². The van der Waals surface area contributed by atoms with Crippen molar-refractivity contribution >= 4 is 5.91 Å². The van der Waals surface area contributed by atoms with Gasteiger partial charge in [0, 0.05) is 13.6 Å². The number of hydrogen-bond donors (Lipinski definition) is 1. The largest absolute Gasteiger partial charge is 0.340 e. The molecule has 0 aliphatic rings. The summed E-state index contributed by atoms with van der Waals surface area (Å²) in [5.41, 5.74) is 8.32. The second-order valence-electron chi connectivity index (χ2n) is 5.09. The molecule has 0 spiro atoms. The van der Waals surface area contributed by atoms with Crippen LogP contribution in [-0.4, -0.2) is 23.9 Å². The van der Waals surface area contributed by atoms with E-state index in [0.717, 1.165) is 12.0 Å². The summed E-state index contributed by atoms with van der Waals surface area (Å²) in [5.74, 6) is 0.239. The second-order valence-corrected chi connectivity index (χ2v) is 5.09. The molecule has 3 nitrogen and oxygen atoms in total. The lowest BCUT2D eigenvalue weighted by Gasteiger charge is -2.24. The molecule has 1 amide bonds. The number of aryl methyl sites for hydroxylation is 1. The Morgan fingerprint density at radius 2 is 1.89 bits per heavy atom. The van der Waals surface area contributed by atoms with Crippen LogP contribution in [0.5, 0.6) is 0 Å². The van der Waals surface area contributed by atoms with Crippen molar-refractivity contribution < 1.29 is 4.79 Å². The Hall–Kier alpha value is -1.35. The van der Waals surface area contributed by atoms with Crippen LogP contribution in [0.25, 0.3) is 0 Å². The fourth-order valence-corrected chi connectivity index (χ4v) is 1.80. The first-order valence-electron chi connectivity index (χ1n) is 6.51. The van der Waals surface area contributed by atoms with E-state index in [-0.39, 0.29) is 11.8 Å². The third-order valence-electron chi connectivity index (χ3n) is 3.46. The third-order valence-corrected chi connectivity index (χ3v) is 3.46. The molecule has 2 unspecified atom stereocenters. The van der Waals surface area contributed by atoms with E-state index in [1.165, 1.54) is 5.56 Å². The van der Waals surface area contributed by atoms with E-state index >= 15 is 0 Å². The molecule has 0 saturated carbocycles. The molecule has 18 heavy (non-hydrogen) atoms. The van der Waals surface area contributed by atoms with E-state index in [2.05, 4.69) is 26.0 Å². The van der Waals surface area contributed by atoms with Crippen molar-refractivity contribution in [1.29, 1.82) is 0 Å². The molecule has 0 aliphatic heterocycles. The van der Waals surface area contributed by atoms with Crippen LogP contribution < -0.4 is 5.73 Å². The highest BCUT2D eigenvalue weighted by molar-refractivity contribution is 5.81. The Kier molecular flexibility index (Phi) is 5.35. The Labute approximate surface area is 110 Å². The molecule has 2 atom stereocenters. The molecule has 0 radical (unpaired) electrons. The molecule has 0 aromatic heterocycles. The number of nitrogens with zero attached hydrogens (tertiary/aromatic N) is 1. The summed E-state index contributed by atoms with van der Waals surface area (Å²) in [4.78, 5) is 13.8. The first kappa shape index (κ1) is 14.7. The van der Waals surface area contributed by atoms with Gasteiger partial charge in [-0.05, 0) is 18.4 Å². The summed E-state index contributed by atoms with van der Waals surface area (Å²) in [7, 11) is 1.81. The van der Waals surface area contributed by atoms with E-state index in [1.54, 1.807) is 4.90 Å². The Balaban J connectivity index is 2.62. The molecule has 0 saturated heterocycles. The van der Waals surface area contributed by atoms with E-state index in [4.69, 9.17) is 5.73 Å². The van der Waals surface area contributed by atoms with Gasteiger partial charge in [-0.1, -0.05) is 50.1 Å². The lowest BCUT2D eigenvalue weighted by molar-refractivity contribution is -0.132. The minimum absolute atomic E-state index is 0.0184. The number of benzene rings is 1. The zero-order chi connectivity index (χ0) is 13.7. The first-order chi connectivity index (χ1) is 8.45. The molecule has 0 aliphatic carbocycles. The summed E-state index contributed by atoms with van der Waals surface area (Å²) in [6, 6.07) is 7.82. The van der Waals surface area contributed by atoms with Crippen LogP contribution in [-0.2, 0) is 11.3 Å². The molecule has 1 aromatic carbocycles. The predicted octanol–water partition coefficient (Wildman–Crippen LogP) is 2.33. The molecular formula is C15H24N2O. The number of hydrogen-bond acceptors (Lipinski definition) is 2. The van der Waals surface area contributed by atoms with Crippen molar-refractivity contribution in [1.82, 2.24) is 4.90 Å². The third kappa shape index (κ3) is 3.84. The molecule has 0 heterocycles. The molecule has 1 rings (SSSR count). The van der Waals surface area contributed by atoms with Crippen molar-refractivity contribution in [2.24, 2.45) is 11.7 Å². The van der Waals surface area contributed by atoms with Crippen LogP contribution in [0.1, 0.15) is 31.4 Å². The summed E-state index contributed by atoms with van der Waals surface area (Å²) < 4.78 is 0. The number of amides is 1. The van der Waals surface area contributed by atoms with Gasteiger partial charge in [-0.2, -0.15) is 0 Å². The number of rotatable bonds is 5. The maximum atomic E-state index is 12.1. The minimum atomic E-state index is -0.398. The zero-order valence-electron chi connectivity index (χ0n) is 11.8. The standard InChI is InChI=1S/C15H24N2O/c1-5-12(3)14(16)15(18)17(4)10-13-8-6-11(2)7-9-13/h6-9,12,14H,5,10,16H2,1-4H3. The highest BCUT2D eigenvalue weighted by atomic mass is 16.2. The summed E-state index contributed by atoms with van der Waals surface area (Å²) in [6.45, 7) is 6.74. The lowest BCUT2D eigenvalue weighted by atomic mass is 9.99. The van der Waals surface area contributed by atoms with Gasteiger partial charge >= 0.3 is 0 Å². The Bertz CT molecular complexity index is 386. The van der Waals surface area contributed by atoms with E-state index in [0.29, 0.717) is 6.54 Å². The monoisotopic (exact) mass is 248 g/mol. The quantitative estimate of drug-likeness (QED) is 0.869. The van der Waals surface area contributed by atoms with Gasteiger partial charge < -0.3 is 10.6 Å². The zero-order valence-corrected chi connectivity index (χ0v) is 11.8. The van der Waals surface area contributed by atoms with E-state index < -0.39 is 6.04 Å². The topological polar surface area (TPSA) is 46.3 Å². The lowest BCUT2D eigenvalue weighted by Crippen LogP contribution is -2.45. The van der Waals surface area contributed by atoms with Crippen molar-refractivity contribution in [3.63, 3.8) is 0 Å². The maximum absolute atomic E-state index is 12.1. The van der Waals surface area contributed by atoms with Gasteiger partial charge in [0.25, 0.3) is 0 Å². The van der Waals surface area contributed by atoms with Crippen LogP contribution in [0.4, 0.5) is 0 Å². The molecule has 2 N–H and O–H groups in total. The molecule has 1 aromatic rings. The normalized spacial score (nSPS) is 14.1. The SMILES string of the molecule is CCC(C)C(N)C(=O)N(C)Cc1ccc(C)cc1. The summed E-state index contributed by atoms with van der Waals surface area (Å²) >= 11 is 0. The average molecular weight is 248 g/mol. The highest BCUT2D eigenvalue weighted by Crippen LogP contribution is 2.11. The molecule has 0 bridgehead atoms. The number of nitrogens with two attached hydrogens (primary N) is 1. The van der Waals surface area contributed by atoms with Crippen molar-refractivity contribution in [3.8, 4) is 0 Å². The van der Waals surface area contributed by atoms with Crippen LogP contribution in [0.2, 0.25) is 0 Å². The van der Waals surface area contributed by atoms with E-state index in [1.807, 2.05) is 26.1 Å². The molecule has 100 valence electrons. The van der Waals surface area contributed by atoms with Crippen molar-refractivity contribution in [2.45, 2.75) is 39.8 Å². The van der Waals surface area contributed by atoms with Gasteiger partial charge in [0.15, 0.2) is 0 Å². The van der Waals surface area contributed by atoms with Gasteiger partial charge in [0.05, 0.1) is 6.04 Å². The second kappa shape index (κ2) is 6.55. The van der Waals surface area contributed by atoms with Crippen molar-refractivity contribution in [2.75, 3.05) is 7.05 Å². The number of carbonyl (C=O) groups is 1. The molecule has 0 fully saturated rings. The van der Waals surface area contributed by atoms with E-state index in [9.17, 15) is 4.79 Å². The minimum Gasteiger partial charge on any atom is -0.340 e. The van der Waals surface area contributed by atoms with Crippen LogP contribution in [0.15, 0.2) is 24.3 Å². The van der Waals surface area contributed by atoms with Crippen LogP contribution in [0.3, 0.4) is 0 Å². The molecular weight excluding hydrogens is 224 g/mol. The fraction of sp³-hybridized carbons (Fsp3) is 0.533. The van der Waals surface area contributed by atoms with Crippen LogP contribution >= 0.6 is 0 Å². The van der Waals surface area contributed by atoms with Gasteiger partial charge in [0.2, 0.25) is 5.91 Å². The average Bonchev–Trinajstić information content (AvgIpc) is 2.38. The summed E-state index contributed by atoms with van der Waals surface area (Å²) in [6.07, 6.45) is 0.922. The Morgan fingerprint density at radius 3 is 2.39 bits per heavy atom. The molecule has 3 heteroatoms. The number of carbonyl (C=O) groups excluding carboxylic acids is 1. The Morgan fingerprint density at radius 1 is 1.33 bits per heavy atom. The smallest absolute Gasteiger partial charge is 0.239 e. The fourth-order valence-electron chi connectivity index (χ4n) is 1.80. The highest BCUT2D eigenvalue weighted by Gasteiger charge is 2.22.